The van der Waals surface area contributed by atoms with Crippen molar-refractivity contribution >= 4 is 51.8 Å². The van der Waals surface area contributed by atoms with Crippen molar-refractivity contribution in [2.24, 2.45) is 4.99 Å². The van der Waals surface area contributed by atoms with E-state index in [0.29, 0.717) is 12.3 Å². The lowest BCUT2D eigenvalue weighted by molar-refractivity contribution is -0.127. The van der Waals surface area contributed by atoms with Gasteiger partial charge in [0, 0.05) is 43.6 Å². The summed E-state index contributed by atoms with van der Waals surface area (Å²) in [5.74, 6) is 1.16. The molecule has 1 amide bonds. The smallest absolute Gasteiger partial charge is 0.222 e. The number of rotatable bonds is 9. The molecule has 1 aliphatic heterocycles. The van der Waals surface area contributed by atoms with E-state index < -0.39 is 0 Å². The predicted molar refractivity (Wildman–Crippen MR) is 122 cm³/mol. The molecule has 0 aromatic heterocycles. The Morgan fingerprint density at radius 2 is 2.15 bits per heavy atom. The van der Waals surface area contributed by atoms with Gasteiger partial charge in [0.2, 0.25) is 5.91 Å². The van der Waals surface area contributed by atoms with Gasteiger partial charge in [0.1, 0.15) is 0 Å². The van der Waals surface area contributed by atoms with Crippen LogP contribution in [-0.2, 0) is 11.2 Å². The Kier molecular flexibility index (Phi) is 11.9. The molecule has 2 N–H and O–H groups in total. The van der Waals surface area contributed by atoms with E-state index in [1.165, 1.54) is 5.56 Å². The first-order chi connectivity index (χ1) is 12.2. The van der Waals surface area contributed by atoms with E-state index in [4.69, 9.17) is 0 Å². The zero-order valence-electron chi connectivity index (χ0n) is 15.5. The molecule has 0 unspecified atom stereocenters. The molecule has 0 bridgehead atoms. The standard InChI is InChI=1S/C19H29BrN4O.HI/c1-2-21-19(23-12-6-14-24-13-5-10-18(24)25)22-11-4-8-16-7-3-9-17(20)15-16;/h3,7,9,15H,2,4-6,8,10-14H2,1H3,(H2,21,22,23);1H. The van der Waals surface area contributed by atoms with Crippen molar-refractivity contribution < 1.29 is 4.79 Å². The number of amides is 1. The third-order valence-electron chi connectivity index (χ3n) is 4.20. The molecular weight excluding hydrogens is 507 g/mol. The van der Waals surface area contributed by atoms with Crippen LogP contribution in [0.2, 0.25) is 0 Å². The molecule has 0 radical (unpaired) electrons. The molecule has 0 saturated carbocycles. The number of halogens is 2. The number of benzene rings is 1. The largest absolute Gasteiger partial charge is 0.357 e. The van der Waals surface area contributed by atoms with Crippen LogP contribution in [0.3, 0.4) is 0 Å². The number of aliphatic imine (C=N–C) groups is 1. The Bertz CT molecular complexity index is 582. The lowest BCUT2D eigenvalue weighted by atomic mass is 10.1. The second kappa shape index (κ2) is 13.4. The maximum absolute atomic E-state index is 11.6. The molecule has 1 saturated heterocycles. The Morgan fingerprint density at radius 1 is 1.31 bits per heavy atom. The number of nitrogens with one attached hydrogen (secondary N) is 2. The number of aryl methyl sites for hydroxylation is 1. The fourth-order valence-corrected chi connectivity index (χ4v) is 3.37. The monoisotopic (exact) mass is 536 g/mol. The molecule has 2 rings (SSSR count). The first-order valence-electron chi connectivity index (χ1n) is 9.23. The highest BCUT2D eigenvalue weighted by Crippen LogP contribution is 2.12. The van der Waals surface area contributed by atoms with Gasteiger partial charge in [-0.2, -0.15) is 0 Å². The number of carbonyl (C=O) groups excluding carboxylic acids is 1. The van der Waals surface area contributed by atoms with Gasteiger partial charge in [-0.3, -0.25) is 9.79 Å². The fraction of sp³-hybridized carbons (Fsp3) is 0.579. The second-order valence-corrected chi connectivity index (χ2v) is 7.17. The van der Waals surface area contributed by atoms with Crippen LogP contribution < -0.4 is 10.6 Å². The highest BCUT2D eigenvalue weighted by Gasteiger charge is 2.18. The quantitative estimate of drug-likeness (QED) is 0.219. The fourth-order valence-electron chi connectivity index (χ4n) is 2.93. The topological polar surface area (TPSA) is 56.7 Å². The van der Waals surface area contributed by atoms with E-state index in [9.17, 15) is 4.79 Å². The summed E-state index contributed by atoms with van der Waals surface area (Å²) >= 11 is 3.51. The van der Waals surface area contributed by atoms with Gasteiger partial charge in [0.25, 0.3) is 0 Å². The summed E-state index contributed by atoms with van der Waals surface area (Å²) < 4.78 is 1.13. The van der Waals surface area contributed by atoms with Crippen molar-refractivity contribution in [3.05, 3.63) is 34.3 Å². The van der Waals surface area contributed by atoms with E-state index >= 15 is 0 Å². The van der Waals surface area contributed by atoms with Gasteiger partial charge < -0.3 is 15.5 Å². The molecule has 0 aliphatic carbocycles. The first kappa shape index (κ1) is 23.2. The Morgan fingerprint density at radius 3 is 2.85 bits per heavy atom. The molecule has 0 spiro atoms. The molecule has 7 heteroatoms. The van der Waals surface area contributed by atoms with Crippen LogP contribution in [0.5, 0.6) is 0 Å². The zero-order chi connectivity index (χ0) is 17.9. The molecule has 146 valence electrons. The van der Waals surface area contributed by atoms with Gasteiger partial charge in [-0.1, -0.05) is 28.1 Å². The van der Waals surface area contributed by atoms with Crippen LogP contribution in [0.15, 0.2) is 33.7 Å². The number of hydrogen-bond donors (Lipinski definition) is 2. The Hall–Kier alpha value is -0.830. The molecule has 5 nitrogen and oxygen atoms in total. The third kappa shape index (κ3) is 8.70. The van der Waals surface area contributed by atoms with Crippen molar-refractivity contribution in [1.82, 2.24) is 15.5 Å². The summed E-state index contributed by atoms with van der Waals surface area (Å²) in [6.45, 7) is 6.29. The third-order valence-corrected chi connectivity index (χ3v) is 4.69. The van der Waals surface area contributed by atoms with Crippen molar-refractivity contribution in [2.75, 3.05) is 32.7 Å². The number of nitrogens with zero attached hydrogens (tertiary/aromatic N) is 2. The minimum atomic E-state index is 0. The summed E-state index contributed by atoms with van der Waals surface area (Å²) in [7, 11) is 0. The van der Waals surface area contributed by atoms with Gasteiger partial charge in [-0.15, -0.1) is 24.0 Å². The van der Waals surface area contributed by atoms with Crippen molar-refractivity contribution in [1.29, 1.82) is 0 Å². The molecule has 1 fully saturated rings. The van der Waals surface area contributed by atoms with Gasteiger partial charge in [0.15, 0.2) is 5.96 Å². The number of carbonyl (C=O) groups is 1. The summed E-state index contributed by atoms with van der Waals surface area (Å²) in [5, 5.41) is 6.67. The minimum Gasteiger partial charge on any atom is -0.357 e. The second-order valence-electron chi connectivity index (χ2n) is 6.26. The average Bonchev–Trinajstić information content (AvgIpc) is 3.00. The highest BCUT2D eigenvalue weighted by molar-refractivity contribution is 14.0. The van der Waals surface area contributed by atoms with Crippen molar-refractivity contribution in [3.63, 3.8) is 0 Å². The van der Waals surface area contributed by atoms with Gasteiger partial charge >= 0.3 is 0 Å². The van der Waals surface area contributed by atoms with Crippen molar-refractivity contribution in [3.8, 4) is 0 Å². The van der Waals surface area contributed by atoms with Crippen LogP contribution >= 0.6 is 39.9 Å². The molecule has 1 aromatic rings. The van der Waals surface area contributed by atoms with Crippen LogP contribution in [0.25, 0.3) is 0 Å². The summed E-state index contributed by atoms with van der Waals surface area (Å²) in [5.41, 5.74) is 1.34. The van der Waals surface area contributed by atoms with Crippen LogP contribution in [0.4, 0.5) is 0 Å². The van der Waals surface area contributed by atoms with Gasteiger partial charge in [0.05, 0.1) is 0 Å². The van der Waals surface area contributed by atoms with E-state index in [1.54, 1.807) is 0 Å². The minimum absolute atomic E-state index is 0. The Labute approximate surface area is 182 Å². The highest BCUT2D eigenvalue weighted by atomic mass is 127. The molecular formula is C19H30BrIN4O. The summed E-state index contributed by atoms with van der Waals surface area (Å²) in [6, 6.07) is 8.44. The molecule has 0 atom stereocenters. The summed E-state index contributed by atoms with van der Waals surface area (Å²) in [6.07, 6.45) is 4.74. The van der Waals surface area contributed by atoms with Crippen LogP contribution in [0.1, 0.15) is 38.2 Å². The van der Waals surface area contributed by atoms with E-state index in [2.05, 4.69) is 56.7 Å². The normalized spacial score (nSPS) is 14.3. The van der Waals surface area contributed by atoms with Gasteiger partial charge in [-0.05, 0) is 50.3 Å². The predicted octanol–water partition coefficient (Wildman–Crippen LogP) is 3.57. The molecule has 26 heavy (non-hydrogen) atoms. The van der Waals surface area contributed by atoms with Gasteiger partial charge in [-0.25, -0.2) is 0 Å². The lowest BCUT2D eigenvalue weighted by Gasteiger charge is -2.15. The number of likely N-dealkylation sites (tertiary alicyclic amines) is 1. The molecule has 1 aromatic carbocycles. The number of guanidine groups is 1. The lowest BCUT2D eigenvalue weighted by Crippen LogP contribution is -2.38. The van der Waals surface area contributed by atoms with Crippen LogP contribution in [0, 0.1) is 0 Å². The first-order valence-corrected chi connectivity index (χ1v) is 10.0. The van der Waals surface area contributed by atoms with Crippen molar-refractivity contribution in [2.45, 2.75) is 39.0 Å². The van der Waals surface area contributed by atoms with E-state index in [1.807, 2.05) is 11.0 Å². The maximum atomic E-state index is 11.6. The van der Waals surface area contributed by atoms with Crippen LogP contribution in [-0.4, -0.2) is 49.5 Å². The zero-order valence-corrected chi connectivity index (χ0v) is 19.4. The van der Waals surface area contributed by atoms with E-state index in [-0.39, 0.29) is 24.0 Å². The Balaban J connectivity index is 0.00000338. The molecule has 1 heterocycles. The maximum Gasteiger partial charge on any atom is 0.222 e. The molecule has 1 aliphatic rings. The number of hydrogen-bond acceptors (Lipinski definition) is 2. The average molecular weight is 537 g/mol. The summed E-state index contributed by atoms with van der Waals surface area (Å²) in [4.78, 5) is 18.1. The van der Waals surface area contributed by atoms with E-state index in [0.717, 1.165) is 68.8 Å². The SMILES string of the molecule is CCNC(=NCCCN1CCCC1=O)NCCCc1cccc(Br)c1.I.